The van der Waals surface area contributed by atoms with Crippen LogP contribution >= 0.6 is 12.2 Å². The average molecular weight is 433 g/mol. The predicted octanol–water partition coefficient (Wildman–Crippen LogP) is 5.18. The van der Waals surface area contributed by atoms with Crippen LogP contribution in [0.3, 0.4) is 0 Å². The summed E-state index contributed by atoms with van der Waals surface area (Å²) >= 11 is 5.35. The van der Waals surface area contributed by atoms with E-state index in [-0.39, 0.29) is 5.91 Å². The van der Waals surface area contributed by atoms with Crippen LogP contribution in [0, 0.1) is 13.8 Å². The van der Waals surface area contributed by atoms with Crippen molar-refractivity contribution in [2.45, 2.75) is 33.1 Å². The molecule has 4 rings (SSSR count). The maximum atomic E-state index is 12.9. The average Bonchev–Trinajstić information content (AvgIpc) is 3.12. The molecule has 2 aromatic carbocycles. The third-order valence-electron chi connectivity index (χ3n) is 5.25. The van der Waals surface area contributed by atoms with Gasteiger partial charge in [0, 0.05) is 28.9 Å². The van der Waals surface area contributed by atoms with Gasteiger partial charge in [-0.05, 0) is 62.7 Å². The Kier molecular flexibility index (Phi) is 6.13. The van der Waals surface area contributed by atoms with Gasteiger partial charge in [0.1, 0.15) is 5.76 Å². The monoisotopic (exact) mass is 432 g/mol. The molecule has 0 saturated carbocycles. The van der Waals surface area contributed by atoms with Crippen molar-refractivity contribution in [2.75, 3.05) is 10.6 Å². The van der Waals surface area contributed by atoms with Crippen LogP contribution in [0.4, 0.5) is 11.4 Å². The smallest absolute Gasteiger partial charge is 0.291 e. The van der Waals surface area contributed by atoms with Gasteiger partial charge in [-0.2, -0.15) is 5.10 Å². The molecule has 0 bridgehead atoms. The van der Waals surface area contributed by atoms with E-state index in [9.17, 15) is 4.79 Å². The Balaban J connectivity index is 1.52. The Bertz CT molecular complexity index is 1150. The lowest BCUT2D eigenvalue weighted by Crippen LogP contribution is -2.26. The molecule has 1 aliphatic rings. The first-order valence-corrected chi connectivity index (χ1v) is 10.6. The molecule has 0 saturated heterocycles. The van der Waals surface area contributed by atoms with Crippen LogP contribution in [0.2, 0.25) is 0 Å². The molecule has 31 heavy (non-hydrogen) atoms. The van der Waals surface area contributed by atoms with E-state index in [0.29, 0.717) is 10.9 Å². The Morgan fingerprint density at radius 1 is 1.00 bits per heavy atom. The number of rotatable bonds is 4. The molecular formula is C24H24N4O2S. The number of amides is 1. The van der Waals surface area contributed by atoms with Gasteiger partial charge >= 0.3 is 0 Å². The van der Waals surface area contributed by atoms with Crippen molar-refractivity contribution in [3.63, 3.8) is 0 Å². The SMILES string of the molecule is Cc1ccccc1NC(=O)c1oc2c(c1C)/C(=N/NC(=S)Nc1ccccc1)CCC2. The summed E-state index contributed by atoms with van der Waals surface area (Å²) in [6.07, 6.45) is 2.46. The number of furan rings is 1. The number of fused-ring (bicyclic) bond motifs is 1. The van der Waals surface area contributed by atoms with Crippen molar-refractivity contribution in [1.29, 1.82) is 0 Å². The third kappa shape index (κ3) is 4.67. The second-order valence-corrected chi connectivity index (χ2v) is 7.88. The Labute approximate surface area is 186 Å². The first kappa shape index (κ1) is 20.8. The number of carbonyl (C=O) groups excluding carboxylic acids is 1. The number of nitrogens with zero attached hydrogens (tertiary/aromatic N) is 1. The molecule has 0 unspecified atom stereocenters. The van der Waals surface area contributed by atoms with E-state index in [1.807, 2.05) is 68.4 Å². The van der Waals surface area contributed by atoms with Crippen molar-refractivity contribution in [1.82, 2.24) is 5.43 Å². The van der Waals surface area contributed by atoms with Crippen molar-refractivity contribution >= 4 is 40.3 Å². The van der Waals surface area contributed by atoms with E-state index in [4.69, 9.17) is 16.6 Å². The van der Waals surface area contributed by atoms with Gasteiger partial charge in [-0.3, -0.25) is 10.2 Å². The fraction of sp³-hybridized carbons (Fsp3) is 0.208. The second-order valence-electron chi connectivity index (χ2n) is 7.47. The van der Waals surface area contributed by atoms with Crippen LogP contribution < -0.4 is 16.1 Å². The van der Waals surface area contributed by atoms with Crippen LogP contribution in [0.1, 0.15) is 45.8 Å². The quantitative estimate of drug-likeness (QED) is 0.391. The zero-order chi connectivity index (χ0) is 21.8. The number of nitrogens with one attached hydrogen (secondary N) is 3. The molecule has 0 aliphatic heterocycles. The van der Waals surface area contributed by atoms with Crippen LogP contribution in [-0.4, -0.2) is 16.7 Å². The fourth-order valence-electron chi connectivity index (χ4n) is 3.69. The van der Waals surface area contributed by atoms with Gasteiger partial charge in [-0.25, -0.2) is 0 Å². The first-order chi connectivity index (χ1) is 15.0. The van der Waals surface area contributed by atoms with Crippen LogP contribution in [-0.2, 0) is 6.42 Å². The van der Waals surface area contributed by atoms with E-state index in [1.54, 1.807) is 0 Å². The van der Waals surface area contributed by atoms with E-state index in [2.05, 4.69) is 21.2 Å². The summed E-state index contributed by atoms with van der Waals surface area (Å²) in [6.45, 7) is 3.86. The third-order valence-corrected chi connectivity index (χ3v) is 5.44. The number of thiocarbonyl (C=S) groups is 1. The summed E-state index contributed by atoms with van der Waals surface area (Å²) in [5, 5.41) is 11.0. The van der Waals surface area contributed by atoms with Gasteiger partial charge in [0.15, 0.2) is 10.9 Å². The molecule has 3 aromatic rings. The minimum atomic E-state index is -0.255. The molecule has 1 heterocycles. The van der Waals surface area contributed by atoms with Crippen molar-refractivity contribution in [2.24, 2.45) is 5.10 Å². The highest BCUT2D eigenvalue weighted by Gasteiger charge is 2.28. The summed E-state index contributed by atoms with van der Waals surface area (Å²) in [5.74, 6) is 0.865. The Morgan fingerprint density at radius 2 is 1.74 bits per heavy atom. The molecule has 6 nitrogen and oxygen atoms in total. The van der Waals surface area contributed by atoms with Crippen LogP contribution in [0.25, 0.3) is 0 Å². The molecule has 1 amide bonds. The maximum absolute atomic E-state index is 12.9. The predicted molar refractivity (Wildman–Crippen MR) is 128 cm³/mol. The number of para-hydroxylation sites is 2. The molecule has 1 aromatic heterocycles. The molecule has 0 atom stereocenters. The lowest BCUT2D eigenvalue weighted by molar-refractivity contribution is 0.0994. The molecule has 0 fully saturated rings. The molecule has 0 spiro atoms. The van der Waals surface area contributed by atoms with Crippen LogP contribution in [0.15, 0.2) is 64.1 Å². The van der Waals surface area contributed by atoms with Gasteiger partial charge < -0.3 is 15.1 Å². The van der Waals surface area contributed by atoms with Gasteiger partial charge in [0.25, 0.3) is 5.91 Å². The van der Waals surface area contributed by atoms with Crippen molar-refractivity contribution in [3.8, 4) is 0 Å². The lowest BCUT2D eigenvalue weighted by Gasteiger charge is -2.14. The molecule has 3 N–H and O–H groups in total. The minimum Gasteiger partial charge on any atom is -0.455 e. The topological polar surface area (TPSA) is 78.7 Å². The highest BCUT2D eigenvalue weighted by atomic mass is 32.1. The van der Waals surface area contributed by atoms with E-state index in [1.165, 1.54) is 0 Å². The zero-order valence-electron chi connectivity index (χ0n) is 17.5. The highest BCUT2D eigenvalue weighted by Crippen LogP contribution is 2.30. The summed E-state index contributed by atoms with van der Waals surface area (Å²) in [4.78, 5) is 12.9. The standard InChI is InChI=1S/C24H24N4O2S/c1-15-9-6-7-12-18(15)26-23(29)22-16(2)21-19(13-8-14-20(21)30-22)27-28-24(31)25-17-10-4-3-5-11-17/h3-7,9-12H,8,13-14H2,1-2H3,(H,26,29)(H2,25,28,31)/b27-19+. The molecule has 0 radical (unpaired) electrons. The number of hydrazone groups is 1. The first-order valence-electron chi connectivity index (χ1n) is 10.2. The van der Waals surface area contributed by atoms with E-state index >= 15 is 0 Å². The van der Waals surface area contributed by atoms with Crippen LogP contribution in [0.5, 0.6) is 0 Å². The highest BCUT2D eigenvalue weighted by molar-refractivity contribution is 7.80. The lowest BCUT2D eigenvalue weighted by atomic mass is 9.93. The summed E-state index contributed by atoms with van der Waals surface area (Å²) in [5.41, 5.74) is 8.11. The molecular weight excluding hydrogens is 408 g/mol. The number of hydrogen-bond donors (Lipinski definition) is 3. The molecule has 1 aliphatic carbocycles. The van der Waals surface area contributed by atoms with E-state index < -0.39 is 0 Å². The number of hydrogen-bond acceptors (Lipinski definition) is 4. The normalized spacial score (nSPS) is 14.1. The zero-order valence-corrected chi connectivity index (χ0v) is 18.3. The summed E-state index contributed by atoms with van der Waals surface area (Å²) < 4.78 is 5.97. The Hall–Kier alpha value is -3.45. The number of carbonyl (C=O) groups is 1. The summed E-state index contributed by atoms with van der Waals surface area (Å²) in [6, 6.07) is 17.3. The minimum absolute atomic E-state index is 0.255. The summed E-state index contributed by atoms with van der Waals surface area (Å²) in [7, 11) is 0. The van der Waals surface area contributed by atoms with Gasteiger partial charge in [-0.1, -0.05) is 36.4 Å². The van der Waals surface area contributed by atoms with Crippen molar-refractivity contribution in [3.05, 3.63) is 82.8 Å². The van der Waals surface area contributed by atoms with Gasteiger partial charge in [0.05, 0.1) is 5.71 Å². The largest absolute Gasteiger partial charge is 0.455 e. The second kappa shape index (κ2) is 9.14. The van der Waals surface area contributed by atoms with Crippen molar-refractivity contribution < 1.29 is 9.21 Å². The number of aryl methyl sites for hydroxylation is 2. The molecule has 7 heteroatoms. The number of benzene rings is 2. The van der Waals surface area contributed by atoms with E-state index in [0.717, 1.165) is 58.8 Å². The number of anilines is 2. The molecule has 158 valence electrons. The van der Waals surface area contributed by atoms with Gasteiger partial charge in [-0.15, -0.1) is 0 Å². The fourth-order valence-corrected chi connectivity index (χ4v) is 3.85. The van der Waals surface area contributed by atoms with Gasteiger partial charge in [0.2, 0.25) is 0 Å². The Morgan fingerprint density at radius 3 is 2.52 bits per heavy atom. The maximum Gasteiger partial charge on any atom is 0.291 e.